The average molecular weight is 194 g/mol. The lowest BCUT2D eigenvalue weighted by atomic mass is 10.2. The van der Waals surface area contributed by atoms with E-state index in [1.165, 1.54) is 6.20 Å². The minimum absolute atomic E-state index is 0.212. The molecule has 0 saturated heterocycles. The molecule has 0 aliphatic rings. The molecule has 2 aromatic rings. The third-order valence-corrected chi connectivity index (χ3v) is 2.22. The fraction of sp³-hybridized carbons (Fsp3) is 0. The number of carboxylic acid groups (broad SMARTS) is 1. The first-order valence-electron chi connectivity index (χ1n) is 3.64. The maximum Gasteiger partial charge on any atom is 0.337 e. The van der Waals surface area contributed by atoms with Crippen LogP contribution in [0.4, 0.5) is 0 Å². The van der Waals surface area contributed by atoms with Gasteiger partial charge in [0.05, 0.1) is 5.56 Å². The molecule has 0 aromatic carbocycles. The molecule has 5 heteroatoms. The number of aromatic carboxylic acids is 1. The van der Waals surface area contributed by atoms with Crippen molar-refractivity contribution in [2.45, 2.75) is 0 Å². The van der Waals surface area contributed by atoms with Gasteiger partial charge < -0.3 is 9.44 Å². The quantitative estimate of drug-likeness (QED) is 0.697. The second kappa shape index (κ2) is 2.82. The molecule has 4 nitrogen and oxygen atoms in total. The summed E-state index contributed by atoms with van der Waals surface area (Å²) < 4.78 is 1.76. The Bertz CT molecular complexity index is 478. The largest absolute Gasteiger partial charge is 0.478 e. The van der Waals surface area contributed by atoms with Crippen molar-refractivity contribution >= 4 is 26.4 Å². The Morgan fingerprint density at radius 2 is 2.38 bits per heavy atom. The molecule has 0 saturated carbocycles. The first kappa shape index (κ1) is 8.20. The van der Waals surface area contributed by atoms with E-state index in [-0.39, 0.29) is 5.56 Å². The summed E-state index contributed by atoms with van der Waals surface area (Å²) in [5.74, 6) is -0.953. The van der Waals surface area contributed by atoms with Crippen molar-refractivity contribution in [2.24, 2.45) is 0 Å². The molecule has 1 unspecified atom stereocenters. The van der Waals surface area contributed by atoms with Crippen LogP contribution >= 0.6 is 9.39 Å². The van der Waals surface area contributed by atoms with Gasteiger partial charge in [-0.2, -0.15) is 0 Å². The number of nitrogens with zero attached hydrogens (tertiary/aromatic N) is 2. The predicted octanol–water partition coefficient (Wildman–Crippen LogP) is 1.37. The Morgan fingerprint density at radius 3 is 3.08 bits per heavy atom. The first-order valence-corrected chi connectivity index (χ1v) is 4.15. The van der Waals surface area contributed by atoms with Crippen molar-refractivity contribution in [2.75, 3.05) is 0 Å². The van der Waals surface area contributed by atoms with Crippen LogP contribution in [0, 0.1) is 0 Å². The van der Waals surface area contributed by atoms with Crippen molar-refractivity contribution in [3.05, 3.63) is 30.1 Å². The van der Waals surface area contributed by atoms with Crippen LogP contribution in [0.1, 0.15) is 10.4 Å². The molecule has 2 rings (SSSR count). The lowest BCUT2D eigenvalue weighted by Gasteiger charge is -1.95. The highest BCUT2D eigenvalue weighted by molar-refractivity contribution is 7.14. The summed E-state index contributed by atoms with van der Waals surface area (Å²) in [5.41, 5.74) is 0.971. The van der Waals surface area contributed by atoms with Crippen molar-refractivity contribution < 1.29 is 9.90 Å². The van der Waals surface area contributed by atoms with E-state index in [2.05, 4.69) is 14.4 Å². The van der Waals surface area contributed by atoms with Crippen LogP contribution in [0.15, 0.2) is 24.5 Å². The molecule has 2 heterocycles. The Kier molecular flexibility index (Phi) is 1.78. The summed E-state index contributed by atoms with van der Waals surface area (Å²) in [4.78, 5) is 14.6. The van der Waals surface area contributed by atoms with Gasteiger partial charge >= 0.3 is 5.97 Å². The number of rotatable bonds is 1. The van der Waals surface area contributed by atoms with Crippen molar-refractivity contribution in [3.63, 3.8) is 0 Å². The summed E-state index contributed by atoms with van der Waals surface area (Å²) in [6.07, 6.45) is 3.17. The zero-order valence-electron chi connectivity index (χ0n) is 6.64. The highest BCUT2D eigenvalue weighted by Gasteiger charge is 2.05. The van der Waals surface area contributed by atoms with Crippen LogP contribution in [0.2, 0.25) is 0 Å². The summed E-state index contributed by atoms with van der Waals surface area (Å²) in [5, 5.41) is 9.53. The molecule has 2 aromatic heterocycles. The van der Waals surface area contributed by atoms with E-state index in [1.807, 2.05) is 12.3 Å². The summed E-state index contributed by atoms with van der Waals surface area (Å²) in [7, 11) is 2.48. The second-order valence-corrected chi connectivity index (χ2v) is 3.22. The number of fused-ring (bicyclic) bond motifs is 1. The molecule has 0 fully saturated rings. The molecular formula is C8H7N2O2P. The van der Waals surface area contributed by atoms with Gasteiger partial charge in [-0.05, 0) is 21.5 Å². The van der Waals surface area contributed by atoms with Crippen LogP contribution in [-0.4, -0.2) is 20.4 Å². The van der Waals surface area contributed by atoms with Crippen molar-refractivity contribution in [1.82, 2.24) is 9.32 Å². The molecule has 0 radical (unpaired) electrons. The van der Waals surface area contributed by atoms with Crippen LogP contribution < -0.4 is 0 Å². The highest BCUT2D eigenvalue weighted by atomic mass is 31.0. The Balaban J connectivity index is 2.70. The van der Waals surface area contributed by atoms with E-state index in [0.29, 0.717) is 0 Å². The van der Waals surface area contributed by atoms with E-state index in [9.17, 15) is 4.79 Å². The monoisotopic (exact) mass is 194 g/mol. The van der Waals surface area contributed by atoms with Gasteiger partial charge in [0.15, 0.2) is 0 Å². The number of hydrogen-bond acceptors (Lipinski definition) is 2. The van der Waals surface area contributed by atoms with E-state index in [4.69, 9.17) is 5.11 Å². The highest BCUT2D eigenvalue weighted by Crippen LogP contribution is 2.16. The first-order chi connectivity index (χ1) is 6.18. The van der Waals surface area contributed by atoms with Crippen LogP contribution in [-0.2, 0) is 0 Å². The average Bonchev–Trinajstić information content (AvgIpc) is 2.47. The van der Waals surface area contributed by atoms with Gasteiger partial charge in [-0.25, -0.2) is 9.78 Å². The molecule has 0 amide bonds. The molecule has 1 N–H and O–H groups in total. The second-order valence-electron chi connectivity index (χ2n) is 2.66. The number of aromatic nitrogens is 2. The smallest absolute Gasteiger partial charge is 0.337 e. The van der Waals surface area contributed by atoms with E-state index in [1.54, 1.807) is 10.4 Å². The normalized spacial score (nSPS) is 10.5. The van der Waals surface area contributed by atoms with Crippen molar-refractivity contribution in [3.8, 4) is 0 Å². The van der Waals surface area contributed by atoms with Gasteiger partial charge in [0.2, 0.25) is 0 Å². The molecule has 1 atom stereocenters. The molecule has 0 aliphatic heterocycles. The maximum absolute atomic E-state index is 10.6. The standard InChI is InChI=1S/C8H7N2O2P/c11-8(12)6-3-5-1-2-10(13)7(5)9-4-6/h1-4H,13H2,(H,11,12). The van der Waals surface area contributed by atoms with Gasteiger partial charge in [-0.15, -0.1) is 0 Å². The summed E-state index contributed by atoms with van der Waals surface area (Å²) >= 11 is 0. The molecule has 66 valence electrons. The zero-order valence-corrected chi connectivity index (χ0v) is 7.79. The van der Waals surface area contributed by atoms with Crippen LogP contribution in [0.3, 0.4) is 0 Å². The lowest BCUT2D eigenvalue weighted by Crippen LogP contribution is -1.96. The predicted molar refractivity (Wildman–Crippen MR) is 51.8 cm³/mol. The van der Waals surface area contributed by atoms with E-state index >= 15 is 0 Å². The Labute approximate surface area is 76.5 Å². The van der Waals surface area contributed by atoms with Gasteiger partial charge in [0.1, 0.15) is 5.65 Å². The minimum Gasteiger partial charge on any atom is -0.478 e. The van der Waals surface area contributed by atoms with Gasteiger partial charge in [0.25, 0.3) is 0 Å². The maximum atomic E-state index is 10.6. The zero-order chi connectivity index (χ0) is 9.42. The van der Waals surface area contributed by atoms with Crippen LogP contribution in [0.5, 0.6) is 0 Å². The third kappa shape index (κ3) is 1.29. The topological polar surface area (TPSA) is 55.1 Å². The summed E-state index contributed by atoms with van der Waals surface area (Å²) in [6, 6.07) is 3.42. The van der Waals surface area contributed by atoms with E-state index in [0.717, 1.165) is 11.0 Å². The molecule has 0 bridgehead atoms. The number of carbonyl (C=O) groups is 1. The van der Waals surface area contributed by atoms with Crippen molar-refractivity contribution in [1.29, 1.82) is 0 Å². The van der Waals surface area contributed by atoms with Crippen LogP contribution in [0.25, 0.3) is 11.0 Å². The Hall–Kier alpha value is -1.41. The molecule has 0 aliphatic carbocycles. The number of pyridine rings is 1. The molecule has 13 heavy (non-hydrogen) atoms. The Morgan fingerprint density at radius 1 is 1.62 bits per heavy atom. The molecule has 0 spiro atoms. The van der Waals surface area contributed by atoms with Gasteiger partial charge in [-0.1, -0.05) is 0 Å². The fourth-order valence-corrected chi connectivity index (χ4v) is 1.46. The SMILES string of the molecule is O=C(O)c1cnc2c(ccn2P)c1. The van der Waals surface area contributed by atoms with Gasteiger partial charge in [0, 0.05) is 17.8 Å². The van der Waals surface area contributed by atoms with E-state index < -0.39 is 5.97 Å². The fourth-order valence-electron chi connectivity index (χ4n) is 1.16. The lowest BCUT2D eigenvalue weighted by molar-refractivity contribution is 0.0696. The number of carboxylic acids is 1. The third-order valence-electron chi connectivity index (χ3n) is 1.80. The molecular weight excluding hydrogens is 187 g/mol. The summed E-state index contributed by atoms with van der Waals surface area (Å²) in [6.45, 7) is 0. The van der Waals surface area contributed by atoms with Gasteiger partial charge in [-0.3, -0.25) is 0 Å². The minimum atomic E-state index is -0.953. The number of hydrogen-bond donors (Lipinski definition) is 1.